The van der Waals surface area contributed by atoms with Crippen LogP contribution in [0.15, 0.2) is 41.8 Å². The first-order valence-electron chi connectivity index (χ1n) is 7.63. The van der Waals surface area contributed by atoms with Gasteiger partial charge in [0.25, 0.3) is 5.91 Å². The van der Waals surface area contributed by atoms with Gasteiger partial charge in [-0.3, -0.25) is 14.4 Å². The van der Waals surface area contributed by atoms with E-state index < -0.39 is 5.91 Å². The molecule has 24 heavy (non-hydrogen) atoms. The Morgan fingerprint density at radius 3 is 2.50 bits per heavy atom. The number of ether oxygens (including phenoxy) is 1. The van der Waals surface area contributed by atoms with E-state index in [-0.39, 0.29) is 18.4 Å². The van der Waals surface area contributed by atoms with Gasteiger partial charge in [-0.1, -0.05) is 6.07 Å². The molecule has 1 aromatic carbocycles. The molecule has 2 aromatic rings. The molecule has 5 nitrogen and oxygen atoms in total. The zero-order valence-corrected chi connectivity index (χ0v) is 14.2. The van der Waals surface area contributed by atoms with Gasteiger partial charge < -0.3 is 10.1 Å². The molecule has 0 fully saturated rings. The Morgan fingerprint density at radius 2 is 1.88 bits per heavy atom. The molecule has 0 aliphatic carbocycles. The number of aryl methyl sites for hydroxylation is 1. The number of hydrogen-bond acceptors (Lipinski definition) is 5. The number of amides is 1. The number of anilines is 1. The fourth-order valence-electron chi connectivity index (χ4n) is 2.07. The van der Waals surface area contributed by atoms with Crippen LogP contribution in [0.3, 0.4) is 0 Å². The number of thiophene rings is 1. The molecule has 0 atom stereocenters. The maximum Gasteiger partial charge on any atom is 0.306 e. The maximum absolute atomic E-state index is 11.7. The van der Waals surface area contributed by atoms with Crippen molar-refractivity contribution in [1.29, 1.82) is 0 Å². The summed E-state index contributed by atoms with van der Waals surface area (Å²) in [6, 6.07) is 10.5. The number of carbonyl (C=O) groups excluding carboxylic acids is 3. The second kappa shape index (κ2) is 8.98. The number of rotatable bonds is 8. The average molecular weight is 345 g/mol. The second-order valence-corrected chi connectivity index (χ2v) is 6.31. The highest BCUT2D eigenvalue weighted by atomic mass is 32.1. The Bertz CT molecular complexity index is 692. The van der Waals surface area contributed by atoms with Crippen molar-refractivity contribution in [3.63, 3.8) is 0 Å². The third-order valence-electron chi connectivity index (χ3n) is 3.32. The zero-order valence-electron chi connectivity index (χ0n) is 13.4. The average Bonchev–Trinajstić information content (AvgIpc) is 3.07. The van der Waals surface area contributed by atoms with Crippen molar-refractivity contribution < 1.29 is 19.1 Å². The molecule has 0 radical (unpaired) electrons. The largest absolute Gasteiger partial charge is 0.456 e. The molecule has 1 N–H and O–H groups in total. The van der Waals surface area contributed by atoms with E-state index in [1.165, 1.54) is 11.8 Å². The van der Waals surface area contributed by atoms with E-state index in [0.29, 0.717) is 24.1 Å². The first kappa shape index (κ1) is 17.9. The fraction of sp³-hybridized carbons (Fsp3) is 0.278. The first-order valence-corrected chi connectivity index (χ1v) is 8.51. The van der Waals surface area contributed by atoms with E-state index in [9.17, 15) is 14.4 Å². The molecule has 2 rings (SSSR count). The maximum atomic E-state index is 11.7. The lowest BCUT2D eigenvalue weighted by Gasteiger charge is -2.07. The van der Waals surface area contributed by atoms with Gasteiger partial charge in [-0.2, -0.15) is 0 Å². The number of carbonyl (C=O) groups is 3. The molecule has 0 unspecified atom stereocenters. The van der Waals surface area contributed by atoms with E-state index in [1.54, 1.807) is 35.6 Å². The molecule has 126 valence electrons. The SMILES string of the molecule is CC(=O)c1ccc(NC(=O)COC(=O)CCCc2cccs2)cc1. The topological polar surface area (TPSA) is 72.5 Å². The van der Waals surface area contributed by atoms with Gasteiger partial charge in [0, 0.05) is 22.5 Å². The van der Waals surface area contributed by atoms with Crippen LogP contribution in [-0.4, -0.2) is 24.3 Å². The standard InChI is InChI=1S/C18H19NO4S/c1-13(20)14-7-9-15(10-8-14)19-17(21)12-23-18(22)6-2-4-16-5-3-11-24-16/h3,5,7-11H,2,4,6,12H2,1H3,(H,19,21). The van der Waals surface area contributed by atoms with Gasteiger partial charge in [-0.05, 0) is 55.5 Å². The summed E-state index contributed by atoms with van der Waals surface area (Å²) in [6.07, 6.45) is 1.83. The molecular weight excluding hydrogens is 326 g/mol. The van der Waals surface area contributed by atoms with Crippen LogP contribution >= 0.6 is 11.3 Å². The molecule has 1 aromatic heterocycles. The molecule has 0 bridgehead atoms. The quantitative estimate of drug-likeness (QED) is 0.587. The highest BCUT2D eigenvalue weighted by molar-refractivity contribution is 7.09. The molecular formula is C18H19NO4S. The number of nitrogens with one attached hydrogen (secondary N) is 1. The predicted molar refractivity (Wildman–Crippen MR) is 93.3 cm³/mol. The summed E-state index contributed by atoms with van der Waals surface area (Å²) in [6.45, 7) is 1.16. The van der Waals surface area contributed by atoms with Crippen molar-refractivity contribution >= 4 is 34.7 Å². The van der Waals surface area contributed by atoms with E-state index >= 15 is 0 Å². The van der Waals surface area contributed by atoms with Gasteiger partial charge in [-0.15, -0.1) is 11.3 Å². The van der Waals surface area contributed by atoms with Crippen LogP contribution in [0.1, 0.15) is 35.0 Å². The second-order valence-electron chi connectivity index (χ2n) is 5.28. The van der Waals surface area contributed by atoms with Crippen LogP contribution in [0.25, 0.3) is 0 Å². The van der Waals surface area contributed by atoms with E-state index in [0.717, 1.165) is 6.42 Å². The van der Waals surface area contributed by atoms with Crippen LogP contribution in [0.5, 0.6) is 0 Å². The smallest absolute Gasteiger partial charge is 0.306 e. The molecule has 0 spiro atoms. The molecule has 0 aliphatic heterocycles. The lowest BCUT2D eigenvalue weighted by Crippen LogP contribution is -2.20. The van der Waals surface area contributed by atoms with Crippen molar-refractivity contribution in [1.82, 2.24) is 0 Å². The Labute approximate surface area is 144 Å². The summed E-state index contributed by atoms with van der Waals surface area (Å²) in [5.41, 5.74) is 1.13. The van der Waals surface area contributed by atoms with Crippen molar-refractivity contribution in [2.24, 2.45) is 0 Å². The number of ketones is 1. The summed E-state index contributed by atoms with van der Waals surface area (Å²) in [5.74, 6) is -0.824. The van der Waals surface area contributed by atoms with Crippen LogP contribution in [-0.2, 0) is 20.7 Å². The minimum atomic E-state index is -0.405. The third kappa shape index (κ3) is 5.96. The Morgan fingerprint density at radius 1 is 1.12 bits per heavy atom. The highest BCUT2D eigenvalue weighted by Gasteiger charge is 2.08. The van der Waals surface area contributed by atoms with Crippen molar-refractivity contribution in [2.75, 3.05) is 11.9 Å². The predicted octanol–water partition coefficient (Wildman–Crippen LogP) is 3.46. The minimum absolute atomic E-state index is 0.0376. The van der Waals surface area contributed by atoms with Crippen LogP contribution in [0.2, 0.25) is 0 Å². The van der Waals surface area contributed by atoms with Gasteiger partial charge in [0.1, 0.15) is 0 Å². The number of Topliss-reactive ketones (excluding diaryl/α,β-unsaturated/α-hetero) is 1. The minimum Gasteiger partial charge on any atom is -0.456 e. The summed E-state index contributed by atoms with van der Waals surface area (Å²) in [4.78, 5) is 35.8. The van der Waals surface area contributed by atoms with Gasteiger partial charge in [0.15, 0.2) is 12.4 Å². The molecule has 6 heteroatoms. The molecule has 0 aliphatic rings. The monoisotopic (exact) mass is 345 g/mol. The summed E-state index contributed by atoms with van der Waals surface area (Å²) < 4.78 is 4.96. The van der Waals surface area contributed by atoms with Gasteiger partial charge in [0.05, 0.1) is 0 Å². The zero-order chi connectivity index (χ0) is 17.4. The van der Waals surface area contributed by atoms with Gasteiger partial charge >= 0.3 is 5.97 Å². The Kier molecular flexibility index (Phi) is 6.69. The van der Waals surface area contributed by atoms with Crippen LogP contribution in [0.4, 0.5) is 5.69 Å². The fourth-order valence-corrected chi connectivity index (χ4v) is 2.82. The first-order chi connectivity index (χ1) is 11.5. The van der Waals surface area contributed by atoms with Crippen molar-refractivity contribution in [2.45, 2.75) is 26.2 Å². The van der Waals surface area contributed by atoms with Gasteiger partial charge in [0.2, 0.25) is 0 Å². The summed E-state index contributed by atoms with van der Waals surface area (Å²) in [5, 5.41) is 4.62. The molecule has 1 heterocycles. The van der Waals surface area contributed by atoms with E-state index in [2.05, 4.69) is 5.32 Å². The Balaban J connectivity index is 1.66. The van der Waals surface area contributed by atoms with Crippen LogP contribution < -0.4 is 5.32 Å². The van der Waals surface area contributed by atoms with Crippen molar-refractivity contribution in [3.8, 4) is 0 Å². The lowest BCUT2D eigenvalue weighted by molar-refractivity contribution is -0.147. The third-order valence-corrected chi connectivity index (χ3v) is 4.26. The van der Waals surface area contributed by atoms with E-state index in [4.69, 9.17) is 4.74 Å². The Hall–Kier alpha value is -2.47. The number of esters is 1. The normalized spacial score (nSPS) is 10.2. The molecule has 1 amide bonds. The van der Waals surface area contributed by atoms with Crippen LogP contribution in [0, 0.1) is 0 Å². The van der Waals surface area contributed by atoms with E-state index in [1.807, 2.05) is 17.5 Å². The lowest BCUT2D eigenvalue weighted by atomic mass is 10.1. The number of benzene rings is 1. The summed E-state index contributed by atoms with van der Waals surface area (Å²) in [7, 11) is 0. The van der Waals surface area contributed by atoms with Gasteiger partial charge in [-0.25, -0.2) is 0 Å². The highest BCUT2D eigenvalue weighted by Crippen LogP contribution is 2.12. The summed E-state index contributed by atoms with van der Waals surface area (Å²) >= 11 is 1.66. The molecule has 0 saturated carbocycles. The number of hydrogen-bond donors (Lipinski definition) is 1. The molecule has 0 saturated heterocycles. The van der Waals surface area contributed by atoms with Crippen molar-refractivity contribution in [3.05, 3.63) is 52.2 Å².